The van der Waals surface area contributed by atoms with Crippen molar-refractivity contribution in [3.05, 3.63) is 52.7 Å². The predicted octanol–water partition coefficient (Wildman–Crippen LogP) is 5.04. The summed E-state index contributed by atoms with van der Waals surface area (Å²) in [6, 6.07) is 9.66. The molecule has 8 heteroatoms. The number of aryl methyl sites for hydroxylation is 1. The van der Waals surface area contributed by atoms with E-state index in [9.17, 15) is 13.2 Å². The highest BCUT2D eigenvalue weighted by atomic mass is 32.2. The van der Waals surface area contributed by atoms with Crippen molar-refractivity contribution in [1.82, 2.24) is 15.0 Å². The Morgan fingerprint density at radius 3 is 2.53 bits per heavy atom. The van der Waals surface area contributed by atoms with Crippen LogP contribution in [0.2, 0.25) is 0 Å². The number of benzene rings is 1. The van der Waals surface area contributed by atoms with Gasteiger partial charge >= 0.3 is 0 Å². The lowest BCUT2D eigenvalue weighted by Gasteiger charge is -2.10. The number of unbranched alkanes of at least 4 members (excludes halogenated alkanes) is 3. The van der Waals surface area contributed by atoms with Crippen LogP contribution < -0.4 is 10.0 Å². The minimum absolute atomic E-state index is 0.196. The van der Waals surface area contributed by atoms with Crippen LogP contribution in [-0.4, -0.2) is 32.9 Å². The molecule has 0 aliphatic heterocycles. The van der Waals surface area contributed by atoms with Gasteiger partial charge in [-0.1, -0.05) is 56.0 Å². The Kier molecular flexibility index (Phi) is 7.38. The van der Waals surface area contributed by atoms with E-state index >= 15 is 0 Å². The summed E-state index contributed by atoms with van der Waals surface area (Å²) >= 11 is 0. The van der Waals surface area contributed by atoms with Crippen LogP contribution in [0.3, 0.4) is 0 Å². The van der Waals surface area contributed by atoms with Gasteiger partial charge in [0.2, 0.25) is 15.7 Å². The molecule has 1 saturated carbocycles. The number of nitrogens with one attached hydrogen (secondary N) is 2. The predicted molar refractivity (Wildman–Crippen MR) is 134 cm³/mol. The van der Waals surface area contributed by atoms with Crippen LogP contribution in [0.1, 0.15) is 78.5 Å². The Morgan fingerprint density at radius 1 is 1.15 bits per heavy atom. The standard InChI is InChI=1S/C26H33N3O4S/c1-4-5-6-7-14-28-34(31,32)16-22-20(18-12-13-18)15-21-23(25(30)27-3)24(33-26(21)29-22)19-10-8-17(2)9-11-19/h8-11,15,18,28H,4-7,12-14,16H2,1-3H3,(H,27,30). The largest absolute Gasteiger partial charge is 0.437 e. The van der Waals surface area contributed by atoms with E-state index in [-0.39, 0.29) is 23.3 Å². The lowest BCUT2D eigenvalue weighted by Crippen LogP contribution is -2.27. The van der Waals surface area contributed by atoms with E-state index in [1.54, 1.807) is 7.05 Å². The molecule has 0 unspecified atom stereocenters. The molecule has 3 aromatic rings. The zero-order valence-electron chi connectivity index (χ0n) is 20.1. The van der Waals surface area contributed by atoms with Gasteiger partial charge in [0.05, 0.1) is 16.6 Å². The maximum atomic E-state index is 12.8. The highest BCUT2D eigenvalue weighted by Gasteiger charge is 2.31. The summed E-state index contributed by atoms with van der Waals surface area (Å²) in [5.74, 6) is 0.255. The summed E-state index contributed by atoms with van der Waals surface area (Å²) in [4.78, 5) is 17.5. The van der Waals surface area contributed by atoms with Crippen LogP contribution in [0.25, 0.3) is 22.4 Å². The van der Waals surface area contributed by atoms with Crippen molar-refractivity contribution in [3.8, 4) is 11.3 Å². The zero-order valence-corrected chi connectivity index (χ0v) is 20.9. The quantitative estimate of drug-likeness (QED) is 0.372. The fraction of sp³-hybridized carbons (Fsp3) is 0.462. The first-order valence-corrected chi connectivity index (χ1v) is 13.7. The molecule has 0 atom stereocenters. The number of carbonyl (C=O) groups excluding carboxylic acids is 1. The molecular formula is C26H33N3O4S. The fourth-order valence-electron chi connectivity index (χ4n) is 4.21. The molecule has 2 heterocycles. The third kappa shape index (κ3) is 5.50. The Hall–Kier alpha value is -2.71. The summed E-state index contributed by atoms with van der Waals surface area (Å²) in [6.07, 6.45) is 6.01. The number of amides is 1. The van der Waals surface area contributed by atoms with Crippen molar-refractivity contribution in [2.75, 3.05) is 13.6 Å². The van der Waals surface area contributed by atoms with Crippen molar-refractivity contribution in [3.63, 3.8) is 0 Å². The molecule has 0 saturated heterocycles. The molecule has 0 radical (unpaired) electrons. The molecule has 1 amide bonds. The second-order valence-electron chi connectivity index (χ2n) is 9.12. The normalized spacial score (nSPS) is 14.0. The van der Waals surface area contributed by atoms with Crippen molar-refractivity contribution in [2.45, 2.75) is 64.0 Å². The van der Waals surface area contributed by atoms with E-state index in [0.29, 0.717) is 28.9 Å². The van der Waals surface area contributed by atoms with Crippen LogP contribution in [0, 0.1) is 6.92 Å². The average molecular weight is 484 g/mol. The molecular weight excluding hydrogens is 450 g/mol. The van der Waals surface area contributed by atoms with Crippen molar-refractivity contribution in [1.29, 1.82) is 0 Å². The van der Waals surface area contributed by atoms with E-state index < -0.39 is 10.0 Å². The highest BCUT2D eigenvalue weighted by molar-refractivity contribution is 7.88. The van der Waals surface area contributed by atoms with Gasteiger partial charge < -0.3 is 9.73 Å². The van der Waals surface area contributed by atoms with Gasteiger partial charge in [-0.05, 0) is 43.7 Å². The molecule has 34 heavy (non-hydrogen) atoms. The van der Waals surface area contributed by atoms with E-state index in [1.807, 2.05) is 37.3 Å². The highest BCUT2D eigenvalue weighted by Crippen LogP contribution is 2.44. The first-order valence-electron chi connectivity index (χ1n) is 12.1. The second-order valence-corrected chi connectivity index (χ2v) is 10.9. The maximum Gasteiger partial charge on any atom is 0.255 e. The number of pyridine rings is 1. The maximum absolute atomic E-state index is 12.8. The summed E-state index contributed by atoms with van der Waals surface area (Å²) < 4.78 is 34.4. The SMILES string of the molecule is CCCCCCNS(=O)(=O)Cc1nc2oc(-c3ccc(C)cc3)c(C(=O)NC)c2cc1C1CC1. The van der Waals surface area contributed by atoms with Gasteiger partial charge in [0, 0.05) is 19.2 Å². The number of hydrogen-bond acceptors (Lipinski definition) is 5. The molecule has 2 N–H and O–H groups in total. The topological polar surface area (TPSA) is 101 Å². The van der Waals surface area contributed by atoms with Crippen molar-refractivity contribution >= 4 is 27.0 Å². The Bertz CT molecular complexity index is 1280. The van der Waals surface area contributed by atoms with Gasteiger partial charge in [-0.25, -0.2) is 18.1 Å². The smallest absolute Gasteiger partial charge is 0.255 e. The van der Waals surface area contributed by atoms with Crippen LogP contribution in [0.4, 0.5) is 0 Å². The first-order chi connectivity index (χ1) is 16.3. The lowest BCUT2D eigenvalue weighted by atomic mass is 10.0. The number of furan rings is 1. The minimum atomic E-state index is -3.53. The van der Waals surface area contributed by atoms with E-state index in [4.69, 9.17) is 4.42 Å². The van der Waals surface area contributed by atoms with E-state index in [0.717, 1.165) is 55.2 Å². The number of rotatable bonds is 11. The summed E-state index contributed by atoms with van der Waals surface area (Å²) in [7, 11) is -1.95. The minimum Gasteiger partial charge on any atom is -0.437 e. The third-order valence-corrected chi connectivity index (χ3v) is 7.56. The Labute approximate surface area is 201 Å². The van der Waals surface area contributed by atoms with Gasteiger partial charge in [-0.2, -0.15) is 0 Å². The number of aromatic nitrogens is 1. The Balaban J connectivity index is 1.72. The molecule has 1 aromatic carbocycles. The molecule has 2 aromatic heterocycles. The first kappa shape index (κ1) is 24.4. The Morgan fingerprint density at radius 2 is 1.88 bits per heavy atom. The number of hydrogen-bond donors (Lipinski definition) is 2. The molecule has 182 valence electrons. The average Bonchev–Trinajstić information content (AvgIpc) is 3.59. The number of nitrogens with zero attached hydrogens (tertiary/aromatic N) is 1. The van der Waals surface area contributed by atoms with Gasteiger partial charge in [0.15, 0.2) is 0 Å². The fourth-order valence-corrected chi connectivity index (χ4v) is 5.36. The van der Waals surface area contributed by atoms with Crippen molar-refractivity contribution in [2.24, 2.45) is 0 Å². The summed E-state index contributed by atoms with van der Waals surface area (Å²) in [5, 5.41) is 3.32. The number of carbonyl (C=O) groups is 1. The lowest BCUT2D eigenvalue weighted by molar-refractivity contribution is 0.0964. The van der Waals surface area contributed by atoms with E-state index in [2.05, 4.69) is 21.9 Å². The molecule has 1 aliphatic rings. The summed E-state index contributed by atoms with van der Waals surface area (Å²) in [6.45, 7) is 4.55. The van der Waals surface area contributed by atoms with Gasteiger partial charge in [0.25, 0.3) is 5.91 Å². The molecule has 1 aliphatic carbocycles. The van der Waals surface area contributed by atoms with Crippen LogP contribution in [0.5, 0.6) is 0 Å². The van der Waals surface area contributed by atoms with Crippen LogP contribution in [0.15, 0.2) is 34.7 Å². The number of fused-ring (bicyclic) bond motifs is 1. The molecule has 4 rings (SSSR count). The van der Waals surface area contributed by atoms with E-state index in [1.165, 1.54) is 0 Å². The van der Waals surface area contributed by atoms with Gasteiger partial charge in [-0.3, -0.25) is 4.79 Å². The van der Waals surface area contributed by atoms with Crippen LogP contribution in [-0.2, 0) is 15.8 Å². The summed E-state index contributed by atoms with van der Waals surface area (Å²) in [5.41, 5.74) is 3.99. The van der Waals surface area contributed by atoms with Crippen LogP contribution >= 0.6 is 0 Å². The van der Waals surface area contributed by atoms with Gasteiger partial charge in [0.1, 0.15) is 11.5 Å². The molecule has 0 bridgehead atoms. The molecule has 1 fully saturated rings. The zero-order chi connectivity index (χ0) is 24.3. The van der Waals surface area contributed by atoms with Crippen molar-refractivity contribution < 1.29 is 17.6 Å². The van der Waals surface area contributed by atoms with Gasteiger partial charge in [-0.15, -0.1) is 0 Å². The third-order valence-electron chi connectivity index (χ3n) is 6.26. The molecule has 0 spiro atoms. The number of sulfonamides is 1. The monoisotopic (exact) mass is 483 g/mol. The second kappa shape index (κ2) is 10.3. The molecule has 7 nitrogen and oxygen atoms in total.